The van der Waals surface area contributed by atoms with Crippen LogP contribution in [0.3, 0.4) is 0 Å². The molecule has 0 aromatic heterocycles. The molecule has 0 spiro atoms. The lowest BCUT2D eigenvalue weighted by Crippen LogP contribution is -2.38. The van der Waals surface area contributed by atoms with Gasteiger partial charge in [-0.15, -0.1) is 11.8 Å². The van der Waals surface area contributed by atoms with Crippen molar-refractivity contribution >= 4 is 17.7 Å². The van der Waals surface area contributed by atoms with Gasteiger partial charge in [0.2, 0.25) is 5.91 Å². The summed E-state index contributed by atoms with van der Waals surface area (Å²) in [5.74, 6) is 1.25. The van der Waals surface area contributed by atoms with E-state index in [9.17, 15) is 4.79 Å². The van der Waals surface area contributed by atoms with Gasteiger partial charge in [0, 0.05) is 6.04 Å². The van der Waals surface area contributed by atoms with Crippen LogP contribution < -0.4 is 5.32 Å². The molecule has 0 unspecified atom stereocenters. The van der Waals surface area contributed by atoms with Crippen LogP contribution >= 0.6 is 11.8 Å². The lowest BCUT2D eigenvalue weighted by Gasteiger charge is -2.17. The Morgan fingerprint density at radius 3 is 2.60 bits per heavy atom. The minimum absolute atomic E-state index is 0.0562. The summed E-state index contributed by atoms with van der Waals surface area (Å²) in [6.07, 6.45) is 4.38. The molecule has 1 aromatic rings. The van der Waals surface area contributed by atoms with Crippen molar-refractivity contribution in [3.05, 3.63) is 35.9 Å². The van der Waals surface area contributed by atoms with E-state index >= 15 is 0 Å². The molecule has 1 amide bonds. The average molecular weight is 293 g/mol. The van der Waals surface area contributed by atoms with E-state index in [1.54, 1.807) is 11.8 Å². The largest absolute Gasteiger partial charge is 0.353 e. The first-order valence-electron chi connectivity index (χ1n) is 7.59. The second-order valence-electron chi connectivity index (χ2n) is 5.30. The Balaban J connectivity index is 2.23. The number of unbranched alkanes of at least 4 members (excludes halogenated alkanes) is 1. The van der Waals surface area contributed by atoms with Gasteiger partial charge in [-0.25, -0.2) is 0 Å². The fourth-order valence-corrected chi connectivity index (χ4v) is 2.97. The molecule has 20 heavy (non-hydrogen) atoms. The number of carbonyl (C=O) groups excluding carboxylic acids is 1. The van der Waals surface area contributed by atoms with Crippen LogP contribution in [0.5, 0.6) is 0 Å². The number of hydrogen-bond acceptors (Lipinski definition) is 2. The van der Waals surface area contributed by atoms with Crippen LogP contribution in [0, 0.1) is 0 Å². The molecule has 0 bridgehead atoms. The third-order valence-electron chi connectivity index (χ3n) is 3.33. The van der Waals surface area contributed by atoms with Crippen molar-refractivity contribution in [1.82, 2.24) is 5.32 Å². The first-order valence-corrected chi connectivity index (χ1v) is 8.64. The number of nitrogens with one attached hydrogen (secondary N) is 1. The van der Waals surface area contributed by atoms with E-state index in [-0.39, 0.29) is 17.2 Å². The fraction of sp³-hybridized carbons (Fsp3) is 0.588. The summed E-state index contributed by atoms with van der Waals surface area (Å²) in [7, 11) is 0. The molecule has 0 radical (unpaired) electrons. The van der Waals surface area contributed by atoms with Crippen LogP contribution in [0.15, 0.2) is 30.3 Å². The van der Waals surface area contributed by atoms with E-state index in [0.717, 1.165) is 18.6 Å². The van der Waals surface area contributed by atoms with E-state index in [1.807, 2.05) is 13.0 Å². The van der Waals surface area contributed by atoms with Crippen LogP contribution in [0.4, 0.5) is 0 Å². The van der Waals surface area contributed by atoms with Crippen molar-refractivity contribution in [2.45, 2.75) is 57.7 Å². The van der Waals surface area contributed by atoms with Crippen molar-refractivity contribution in [3.63, 3.8) is 0 Å². The second kappa shape index (κ2) is 9.87. The van der Waals surface area contributed by atoms with Gasteiger partial charge in [-0.3, -0.25) is 4.79 Å². The maximum absolute atomic E-state index is 12.0. The summed E-state index contributed by atoms with van der Waals surface area (Å²) in [4.78, 5) is 12.0. The molecule has 0 saturated heterocycles. The van der Waals surface area contributed by atoms with E-state index in [0.29, 0.717) is 0 Å². The molecular formula is C17H27NOS. The van der Waals surface area contributed by atoms with Gasteiger partial charge >= 0.3 is 0 Å². The molecule has 0 saturated carbocycles. The summed E-state index contributed by atoms with van der Waals surface area (Å²) in [5.41, 5.74) is 1.33. The molecule has 0 aliphatic carbocycles. The van der Waals surface area contributed by atoms with E-state index in [1.165, 1.54) is 18.4 Å². The Labute approximate surface area is 127 Å². The van der Waals surface area contributed by atoms with Gasteiger partial charge in [-0.05, 0) is 44.4 Å². The van der Waals surface area contributed by atoms with Crippen molar-refractivity contribution in [2.75, 3.05) is 5.75 Å². The SMILES string of the molecule is CCCCS[C@@H](C)C(=O)N[C@@H](C)CCc1ccccc1. The smallest absolute Gasteiger partial charge is 0.233 e. The highest BCUT2D eigenvalue weighted by Crippen LogP contribution is 2.13. The lowest BCUT2D eigenvalue weighted by atomic mass is 10.1. The average Bonchev–Trinajstić information content (AvgIpc) is 2.46. The second-order valence-corrected chi connectivity index (χ2v) is 6.75. The Hall–Kier alpha value is -0.960. The Morgan fingerprint density at radius 2 is 1.95 bits per heavy atom. The molecule has 1 aromatic carbocycles. The molecular weight excluding hydrogens is 266 g/mol. The summed E-state index contributed by atoms with van der Waals surface area (Å²) < 4.78 is 0. The molecule has 0 aliphatic rings. The van der Waals surface area contributed by atoms with Gasteiger partial charge in [0.25, 0.3) is 0 Å². The zero-order valence-electron chi connectivity index (χ0n) is 12.9. The maximum atomic E-state index is 12.0. The molecule has 3 heteroatoms. The van der Waals surface area contributed by atoms with Crippen LogP contribution in [0.2, 0.25) is 0 Å². The Morgan fingerprint density at radius 1 is 1.25 bits per heavy atom. The van der Waals surface area contributed by atoms with E-state index < -0.39 is 0 Å². The van der Waals surface area contributed by atoms with E-state index in [2.05, 4.69) is 43.4 Å². The quantitative estimate of drug-likeness (QED) is 0.696. The number of carbonyl (C=O) groups is 1. The summed E-state index contributed by atoms with van der Waals surface area (Å²) in [6.45, 7) is 6.26. The minimum atomic E-state index is 0.0562. The lowest BCUT2D eigenvalue weighted by molar-refractivity contribution is -0.120. The summed E-state index contributed by atoms with van der Waals surface area (Å²) >= 11 is 1.75. The topological polar surface area (TPSA) is 29.1 Å². The van der Waals surface area contributed by atoms with Crippen LogP contribution in [-0.2, 0) is 11.2 Å². The van der Waals surface area contributed by atoms with Crippen molar-refractivity contribution in [3.8, 4) is 0 Å². The summed E-state index contributed by atoms with van der Waals surface area (Å²) in [5, 5.41) is 3.17. The summed E-state index contributed by atoms with van der Waals surface area (Å²) in [6, 6.07) is 10.7. The van der Waals surface area contributed by atoms with Gasteiger partial charge in [-0.2, -0.15) is 0 Å². The molecule has 2 nitrogen and oxygen atoms in total. The molecule has 1 rings (SSSR count). The number of thioether (sulfide) groups is 1. The third-order valence-corrected chi connectivity index (χ3v) is 4.57. The van der Waals surface area contributed by atoms with Gasteiger partial charge < -0.3 is 5.32 Å². The van der Waals surface area contributed by atoms with Crippen molar-refractivity contribution < 1.29 is 4.79 Å². The van der Waals surface area contributed by atoms with Crippen LogP contribution in [-0.4, -0.2) is 23.0 Å². The molecule has 0 heterocycles. The standard InChI is InChI=1S/C17H27NOS/c1-4-5-13-20-15(3)17(19)18-14(2)11-12-16-9-7-6-8-10-16/h6-10,14-15H,4-5,11-13H2,1-3H3,(H,18,19)/t14-,15-/m0/s1. The number of benzene rings is 1. The third kappa shape index (κ3) is 6.99. The van der Waals surface area contributed by atoms with Gasteiger partial charge in [0.15, 0.2) is 0 Å². The fourth-order valence-electron chi connectivity index (χ4n) is 1.94. The predicted molar refractivity (Wildman–Crippen MR) is 89.2 cm³/mol. The monoisotopic (exact) mass is 293 g/mol. The van der Waals surface area contributed by atoms with Gasteiger partial charge in [0.05, 0.1) is 5.25 Å². The molecule has 112 valence electrons. The number of rotatable bonds is 9. The zero-order chi connectivity index (χ0) is 14.8. The normalized spacial score (nSPS) is 13.8. The number of hydrogen-bond donors (Lipinski definition) is 1. The number of amides is 1. The van der Waals surface area contributed by atoms with Crippen molar-refractivity contribution in [2.24, 2.45) is 0 Å². The highest BCUT2D eigenvalue weighted by Gasteiger charge is 2.15. The molecule has 2 atom stereocenters. The first-order chi connectivity index (χ1) is 9.63. The van der Waals surface area contributed by atoms with E-state index in [4.69, 9.17) is 0 Å². The first kappa shape index (κ1) is 17.1. The maximum Gasteiger partial charge on any atom is 0.233 e. The van der Waals surface area contributed by atoms with Crippen LogP contribution in [0.25, 0.3) is 0 Å². The van der Waals surface area contributed by atoms with Crippen LogP contribution in [0.1, 0.15) is 45.6 Å². The zero-order valence-corrected chi connectivity index (χ0v) is 13.7. The molecule has 1 N–H and O–H groups in total. The Bertz CT molecular complexity index is 380. The predicted octanol–water partition coefficient (Wildman–Crippen LogP) is 4.05. The minimum Gasteiger partial charge on any atom is -0.353 e. The number of aryl methyl sites for hydroxylation is 1. The Kier molecular flexibility index (Phi) is 8.43. The highest BCUT2D eigenvalue weighted by atomic mass is 32.2. The van der Waals surface area contributed by atoms with Gasteiger partial charge in [0.1, 0.15) is 0 Å². The van der Waals surface area contributed by atoms with Gasteiger partial charge in [-0.1, -0.05) is 43.7 Å². The molecule has 0 aliphatic heterocycles. The van der Waals surface area contributed by atoms with Crippen molar-refractivity contribution in [1.29, 1.82) is 0 Å². The highest BCUT2D eigenvalue weighted by molar-refractivity contribution is 8.00. The molecule has 0 fully saturated rings.